The second-order valence-electron chi connectivity index (χ2n) is 4.09. The van der Waals surface area contributed by atoms with Crippen molar-refractivity contribution in [3.8, 4) is 11.8 Å². The van der Waals surface area contributed by atoms with Crippen LogP contribution in [0.1, 0.15) is 24.5 Å². The Kier molecular flexibility index (Phi) is 6.20. The zero-order valence-electron chi connectivity index (χ0n) is 11.0. The molecular weight excluding hydrogens is 228 g/mol. The molecule has 0 fully saturated rings. The first-order chi connectivity index (χ1) is 8.74. The van der Waals surface area contributed by atoms with Gasteiger partial charge in [0.1, 0.15) is 11.8 Å². The van der Waals surface area contributed by atoms with Crippen molar-refractivity contribution in [3.63, 3.8) is 0 Å². The third kappa shape index (κ3) is 4.02. The molecule has 0 amide bonds. The molecule has 0 bridgehead atoms. The molecule has 1 rings (SSSR count). The second-order valence-corrected chi connectivity index (χ2v) is 4.09. The van der Waals surface area contributed by atoms with Crippen molar-refractivity contribution < 1.29 is 9.84 Å². The Morgan fingerprint density at radius 1 is 1.44 bits per heavy atom. The van der Waals surface area contributed by atoms with Gasteiger partial charge in [-0.05, 0) is 30.7 Å². The lowest BCUT2D eigenvalue weighted by molar-refractivity contribution is 0.225. The molecule has 4 nitrogen and oxygen atoms in total. The summed E-state index contributed by atoms with van der Waals surface area (Å²) in [5.41, 5.74) is 1.65. The monoisotopic (exact) mass is 248 g/mol. The maximum atomic E-state index is 9.03. The summed E-state index contributed by atoms with van der Waals surface area (Å²) in [5, 5.41) is 17.9. The highest BCUT2D eigenvalue weighted by Crippen LogP contribution is 2.19. The molecule has 1 aromatic carbocycles. The van der Waals surface area contributed by atoms with Crippen LogP contribution in [-0.4, -0.2) is 36.8 Å². The van der Waals surface area contributed by atoms with E-state index in [1.165, 1.54) is 0 Å². The van der Waals surface area contributed by atoms with Gasteiger partial charge in [-0.15, -0.1) is 0 Å². The van der Waals surface area contributed by atoms with E-state index in [4.69, 9.17) is 15.1 Å². The average Bonchev–Trinajstić information content (AvgIpc) is 2.43. The Balaban J connectivity index is 2.75. The lowest BCUT2D eigenvalue weighted by Gasteiger charge is -2.20. The smallest absolute Gasteiger partial charge is 0.136 e. The summed E-state index contributed by atoms with van der Waals surface area (Å²) >= 11 is 0. The summed E-state index contributed by atoms with van der Waals surface area (Å²) in [4.78, 5) is 2.24. The van der Waals surface area contributed by atoms with Crippen molar-refractivity contribution in [3.05, 3.63) is 29.3 Å². The number of rotatable bonds is 7. The van der Waals surface area contributed by atoms with Crippen LogP contribution in [0.5, 0.6) is 5.75 Å². The molecule has 0 aliphatic heterocycles. The van der Waals surface area contributed by atoms with Crippen LogP contribution in [0, 0.1) is 11.3 Å². The van der Waals surface area contributed by atoms with Crippen LogP contribution in [0.4, 0.5) is 0 Å². The highest BCUT2D eigenvalue weighted by molar-refractivity contribution is 5.45. The first-order valence-corrected chi connectivity index (χ1v) is 6.15. The van der Waals surface area contributed by atoms with E-state index in [9.17, 15) is 0 Å². The minimum Gasteiger partial charge on any atom is -0.495 e. The van der Waals surface area contributed by atoms with Crippen LogP contribution in [0.15, 0.2) is 18.2 Å². The number of benzene rings is 1. The number of aliphatic hydroxyl groups excluding tert-OH is 1. The topological polar surface area (TPSA) is 56.5 Å². The molecular formula is C14H20N2O2. The second kappa shape index (κ2) is 7.70. The van der Waals surface area contributed by atoms with Crippen LogP contribution in [0.3, 0.4) is 0 Å². The van der Waals surface area contributed by atoms with Crippen molar-refractivity contribution in [1.29, 1.82) is 5.26 Å². The fourth-order valence-corrected chi connectivity index (χ4v) is 1.84. The van der Waals surface area contributed by atoms with Gasteiger partial charge in [-0.2, -0.15) is 5.26 Å². The van der Waals surface area contributed by atoms with Gasteiger partial charge in [-0.1, -0.05) is 13.0 Å². The SMILES string of the molecule is CCN(CCCO)Cc1ccc(OC)c(C#N)c1. The van der Waals surface area contributed by atoms with Crippen LogP contribution in [0.2, 0.25) is 0 Å². The summed E-state index contributed by atoms with van der Waals surface area (Å²) in [6, 6.07) is 7.80. The molecule has 4 heteroatoms. The van der Waals surface area contributed by atoms with Gasteiger partial charge in [0.2, 0.25) is 0 Å². The van der Waals surface area contributed by atoms with E-state index >= 15 is 0 Å². The summed E-state index contributed by atoms with van der Waals surface area (Å²) in [6.07, 6.45) is 0.773. The molecule has 0 aliphatic rings. The maximum absolute atomic E-state index is 9.03. The molecule has 0 aromatic heterocycles. The number of hydrogen-bond acceptors (Lipinski definition) is 4. The maximum Gasteiger partial charge on any atom is 0.136 e. The molecule has 0 saturated carbocycles. The van der Waals surface area contributed by atoms with Crippen molar-refractivity contribution in [2.24, 2.45) is 0 Å². The molecule has 0 heterocycles. The number of nitrogens with zero attached hydrogens (tertiary/aromatic N) is 2. The van der Waals surface area contributed by atoms with Crippen molar-refractivity contribution in [1.82, 2.24) is 4.90 Å². The standard InChI is InChI=1S/C14H20N2O2/c1-3-16(7-4-8-17)11-12-5-6-14(18-2)13(9-12)10-15/h5-6,9,17H,3-4,7-8,11H2,1-2H3. The molecule has 0 saturated heterocycles. The Bertz CT molecular complexity index is 413. The molecule has 1 aromatic rings. The molecule has 1 N–H and O–H groups in total. The lowest BCUT2D eigenvalue weighted by Crippen LogP contribution is -2.24. The van der Waals surface area contributed by atoms with Gasteiger partial charge in [-0.25, -0.2) is 0 Å². The molecule has 0 radical (unpaired) electrons. The molecule has 0 spiro atoms. The van der Waals surface area contributed by atoms with Gasteiger partial charge in [0.15, 0.2) is 0 Å². The molecule has 0 aliphatic carbocycles. The Hall–Kier alpha value is -1.57. The number of aliphatic hydroxyl groups is 1. The van der Waals surface area contributed by atoms with E-state index in [1.807, 2.05) is 18.2 Å². The highest BCUT2D eigenvalue weighted by Gasteiger charge is 2.07. The van der Waals surface area contributed by atoms with Crippen LogP contribution in [0.25, 0.3) is 0 Å². The third-order valence-electron chi connectivity index (χ3n) is 2.87. The predicted octanol–water partition coefficient (Wildman–Crippen LogP) is 1.77. The summed E-state index contributed by atoms with van der Waals surface area (Å²) in [5.74, 6) is 0.611. The number of nitriles is 1. The zero-order valence-corrected chi connectivity index (χ0v) is 11.0. The minimum atomic E-state index is 0.211. The largest absolute Gasteiger partial charge is 0.495 e. The quantitative estimate of drug-likeness (QED) is 0.799. The zero-order chi connectivity index (χ0) is 13.4. The van der Waals surface area contributed by atoms with Crippen molar-refractivity contribution in [2.75, 3.05) is 26.8 Å². The van der Waals surface area contributed by atoms with Crippen molar-refractivity contribution >= 4 is 0 Å². The average molecular weight is 248 g/mol. The molecule has 18 heavy (non-hydrogen) atoms. The minimum absolute atomic E-state index is 0.211. The fourth-order valence-electron chi connectivity index (χ4n) is 1.84. The van der Waals surface area contributed by atoms with E-state index in [-0.39, 0.29) is 6.61 Å². The first-order valence-electron chi connectivity index (χ1n) is 6.15. The molecule has 0 unspecified atom stereocenters. The first kappa shape index (κ1) is 14.5. The van der Waals surface area contributed by atoms with Crippen LogP contribution in [-0.2, 0) is 6.54 Å². The highest BCUT2D eigenvalue weighted by atomic mass is 16.5. The van der Waals surface area contributed by atoms with Gasteiger partial charge in [0.25, 0.3) is 0 Å². The van der Waals surface area contributed by atoms with E-state index in [1.54, 1.807) is 7.11 Å². The number of ether oxygens (including phenoxy) is 1. The normalized spacial score (nSPS) is 10.4. The fraction of sp³-hybridized carbons (Fsp3) is 0.500. The van der Waals surface area contributed by atoms with Gasteiger partial charge in [0.05, 0.1) is 12.7 Å². The van der Waals surface area contributed by atoms with E-state index in [0.717, 1.165) is 31.6 Å². The van der Waals surface area contributed by atoms with Gasteiger partial charge in [-0.3, -0.25) is 4.90 Å². The predicted molar refractivity (Wildman–Crippen MR) is 70.4 cm³/mol. The van der Waals surface area contributed by atoms with E-state index < -0.39 is 0 Å². The van der Waals surface area contributed by atoms with E-state index in [2.05, 4.69) is 17.9 Å². The third-order valence-corrected chi connectivity index (χ3v) is 2.87. The van der Waals surface area contributed by atoms with Gasteiger partial charge < -0.3 is 9.84 Å². The summed E-state index contributed by atoms with van der Waals surface area (Å²) < 4.78 is 5.12. The number of hydrogen-bond donors (Lipinski definition) is 1. The van der Waals surface area contributed by atoms with E-state index in [0.29, 0.717) is 11.3 Å². The van der Waals surface area contributed by atoms with Crippen LogP contribution < -0.4 is 4.74 Å². The van der Waals surface area contributed by atoms with Crippen molar-refractivity contribution in [2.45, 2.75) is 19.9 Å². The number of methoxy groups -OCH3 is 1. The lowest BCUT2D eigenvalue weighted by atomic mass is 10.1. The molecule has 0 atom stereocenters. The molecule has 98 valence electrons. The Morgan fingerprint density at radius 2 is 2.22 bits per heavy atom. The van der Waals surface area contributed by atoms with Gasteiger partial charge >= 0.3 is 0 Å². The summed E-state index contributed by atoms with van der Waals surface area (Å²) in [6.45, 7) is 4.87. The Morgan fingerprint density at radius 3 is 2.78 bits per heavy atom. The van der Waals surface area contributed by atoms with Gasteiger partial charge in [0, 0.05) is 19.7 Å². The summed E-state index contributed by atoms with van der Waals surface area (Å²) in [7, 11) is 1.56. The Labute approximate surface area is 108 Å². The van der Waals surface area contributed by atoms with Crippen LogP contribution >= 0.6 is 0 Å².